The standard InChI is InChI=1S/C61H104O6/c1-4-7-10-13-16-19-22-25-28-30-33-36-39-42-45-48-51-54-60(63)66-57-58(56-65-59(62)53-50-47-44-41-38-35-32-27-24-21-18-15-12-9-6-3)67-61(64)55-52-49-46-43-40-37-34-31-29-26-23-20-17-14-11-8-5-2/h9,12,16-21,25-29,32,58H,4-8,10-11,13-15,22-24,30-31,33-57H2,1-3H3/b12-9-,19-16-,20-17-,21-18-,28-25-,29-26-,32-27-. The van der Waals surface area contributed by atoms with Gasteiger partial charge < -0.3 is 14.2 Å². The number of hydrogen-bond acceptors (Lipinski definition) is 6. The maximum absolute atomic E-state index is 12.8. The molecule has 67 heavy (non-hydrogen) atoms. The minimum Gasteiger partial charge on any atom is -0.462 e. The van der Waals surface area contributed by atoms with Crippen molar-refractivity contribution in [1.29, 1.82) is 0 Å². The van der Waals surface area contributed by atoms with Gasteiger partial charge in [-0.2, -0.15) is 0 Å². The number of unbranched alkanes of at least 4 members (excludes halogenated alkanes) is 25. The quantitative estimate of drug-likeness (QED) is 0.0262. The van der Waals surface area contributed by atoms with Crippen molar-refractivity contribution in [3.63, 3.8) is 0 Å². The zero-order chi connectivity index (χ0) is 48.6. The van der Waals surface area contributed by atoms with E-state index in [1.54, 1.807) is 0 Å². The topological polar surface area (TPSA) is 78.9 Å². The summed E-state index contributed by atoms with van der Waals surface area (Å²) in [6.45, 7) is 6.46. The summed E-state index contributed by atoms with van der Waals surface area (Å²) in [5.74, 6) is -0.918. The third-order valence-corrected chi connectivity index (χ3v) is 11.9. The van der Waals surface area contributed by atoms with Crippen LogP contribution in [0.5, 0.6) is 0 Å². The second-order valence-corrected chi connectivity index (χ2v) is 18.5. The van der Waals surface area contributed by atoms with E-state index in [1.807, 2.05) is 0 Å². The summed E-state index contributed by atoms with van der Waals surface area (Å²) in [7, 11) is 0. The molecule has 0 amide bonds. The van der Waals surface area contributed by atoms with E-state index < -0.39 is 6.10 Å². The second kappa shape index (κ2) is 55.2. The lowest BCUT2D eigenvalue weighted by atomic mass is 10.1. The highest BCUT2D eigenvalue weighted by Crippen LogP contribution is 2.14. The average Bonchev–Trinajstić information content (AvgIpc) is 3.33. The normalized spacial score (nSPS) is 12.7. The Kier molecular flexibility index (Phi) is 52.4. The molecule has 1 atom stereocenters. The van der Waals surface area contributed by atoms with Crippen LogP contribution in [0.25, 0.3) is 0 Å². The molecule has 0 aromatic rings. The van der Waals surface area contributed by atoms with Crippen molar-refractivity contribution in [3.05, 3.63) is 85.1 Å². The fraction of sp³-hybridized carbons (Fsp3) is 0.721. The third-order valence-electron chi connectivity index (χ3n) is 11.9. The molecule has 0 aromatic carbocycles. The van der Waals surface area contributed by atoms with Gasteiger partial charge in [-0.05, 0) is 116 Å². The smallest absolute Gasteiger partial charge is 0.306 e. The average molecular weight is 933 g/mol. The first kappa shape index (κ1) is 63.6. The van der Waals surface area contributed by atoms with Gasteiger partial charge in [-0.3, -0.25) is 14.4 Å². The molecule has 0 aliphatic heterocycles. The van der Waals surface area contributed by atoms with E-state index in [9.17, 15) is 14.4 Å². The zero-order valence-electron chi connectivity index (χ0n) is 43.9. The minimum absolute atomic E-state index is 0.0898. The number of rotatable bonds is 50. The fourth-order valence-corrected chi connectivity index (χ4v) is 7.63. The summed E-state index contributed by atoms with van der Waals surface area (Å²) in [6, 6.07) is 0. The van der Waals surface area contributed by atoms with E-state index in [4.69, 9.17) is 14.2 Å². The van der Waals surface area contributed by atoms with Crippen LogP contribution >= 0.6 is 0 Å². The summed E-state index contributed by atoms with van der Waals surface area (Å²) in [6.07, 6.45) is 71.3. The number of carbonyl (C=O) groups excluding carboxylic acids is 3. The Morgan fingerprint density at radius 3 is 0.910 bits per heavy atom. The van der Waals surface area contributed by atoms with E-state index in [-0.39, 0.29) is 31.1 Å². The van der Waals surface area contributed by atoms with Crippen LogP contribution in [0.3, 0.4) is 0 Å². The Bertz CT molecular complexity index is 1300. The summed E-state index contributed by atoms with van der Waals surface area (Å²) >= 11 is 0. The van der Waals surface area contributed by atoms with Gasteiger partial charge >= 0.3 is 17.9 Å². The molecule has 0 aliphatic rings. The van der Waals surface area contributed by atoms with Crippen molar-refractivity contribution in [2.24, 2.45) is 0 Å². The number of ether oxygens (including phenoxy) is 3. The number of hydrogen-bond donors (Lipinski definition) is 0. The highest BCUT2D eigenvalue weighted by molar-refractivity contribution is 5.71. The van der Waals surface area contributed by atoms with Crippen molar-refractivity contribution in [2.75, 3.05) is 13.2 Å². The Labute approximate surface area is 414 Å². The van der Waals surface area contributed by atoms with E-state index in [1.165, 1.54) is 103 Å². The van der Waals surface area contributed by atoms with Crippen LogP contribution in [0, 0.1) is 0 Å². The van der Waals surface area contributed by atoms with E-state index in [2.05, 4.69) is 106 Å². The van der Waals surface area contributed by atoms with Crippen molar-refractivity contribution in [1.82, 2.24) is 0 Å². The molecule has 0 rings (SSSR count). The predicted octanol–water partition coefficient (Wildman–Crippen LogP) is 18.8. The van der Waals surface area contributed by atoms with Crippen LogP contribution in [0.4, 0.5) is 0 Å². The molecule has 0 saturated carbocycles. The van der Waals surface area contributed by atoms with Crippen LogP contribution < -0.4 is 0 Å². The molecule has 0 saturated heterocycles. The molecule has 0 radical (unpaired) electrons. The second-order valence-electron chi connectivity index (χ2n) is 18.5. The number of allylic oxidation sites excluding steroid dienone is 14. The van der Waals surface area contributed by atoms with Crippen LogP contribution in [0.1, 0.15) is 265 Å². The summed E-state index contributed by atoms with van der Waals surface area (Å²) in [5, 5.41) is 0. The largest absolute Gasteiger partial charge is 0.462 e. The first-order chi connectivity index (χ1) is 33.0. The minimum atomic E-state index is -0.792. The molecule has 384 valence electrons. The Balaban J connectivity index is 4.44. The molecule has 0 heterocycles. The summed E-state index contributed by atoms with van der Waals surface area (Å²) in [4.78, 5) is 38.1. The molecular formula is C61H104O6. The Hall–Kier alpha value is -3.41. The molecule has 0 spiro atoms. The molecular weight excluding hydrogens is 829 g/mol. The van der Waals surface area contributed by atoms with Crippen molar-refractivity contribution >= 4 is 17.9 Å². The van der Waals surface area contributed by atoms with Crippen molar-refractivity contribution < 1.29 is 28.6 Å². The van der Waals surface area contributed by atoms with Crippen molar-refractivity contribution in [2.45, 2.75) is 271 Å². The molecule has 0 fully saturated rings. The lowest BCUT2D eigenvalue weighted by molar-refractivity contribution is -0.167. The van der Waals surface area contributed by atoms with Gasteiger partial charge in [-0.1, -0.05) is 215 Å². The monoisotopic (exact) mass is 933 g/mol. The Morgan fingerprint density at radius 2 is 0.582 bits per heavy atom. The van der Waals surface area contributed by atoms with Gasteiger partial charge in [0.1, 0.15) is 13.2 Å². The highest BCUT2D eigenvalue weighted by atomic mass is 16.6. The molecule has 0 N–H and O–H groups in total. The maximum Gasteiger partial charge on any atom is 0.306 e. The van der Waals surface area contributed by atoms with Gasteiger partial charge in [0.25, 0.3) is 0 Å². The Morgan fingerprint density at radius 1 is 0.313 bits per heavy atom. The molecule has 6 nitrogen and oxygen atoms in total. The molecule has 1 unspecified atom stereocenters. The van der Waals surface area contributed by atoms with Crippen LogP contribution in [-0.2, 0) is 28.6 Å². The molecule has 0 bridgehead atoms. The zero-order valence-corrected chi connectivity index (χ0v) is 43.9. The van der Waals surface area contributed by atoms with E-state index in [0.29, 0.717) is 19.3 Å². The van der Waals surface area contributed by atoms with Gasteiger partial charge in [0.2, 0.25) is 0 Å². The first-order valence-corrected chi connectivity index (χ1v) is 28.1. The van der Waals surface area contributed by atoms with Crippen LogP contribution in [0.2, 0.25) is 0 Å². The fourth-order valence-electron chi connectivity index (χ4n) is 7.63. The maximum atomic E-state index is 12.8. The van der Waals surface area contributed by atoms with Gasteiger partial charge in [0, 0.05) is 19.3 Å². The summed E-state index contributed by atoms with van der Waals surface area (Å²) < 4.78 is 16.8. The highest BCUT2D eigenvalue weighted by Gasteiger charge is 2.19. The molecule has 0 aliphatic carbocycles. The number of carbonyl (C=O) groups is 3. The lowest BCUT2D eigenvalue weighted by Crippen LogP contribution is -2.30. The van der Waals surface area contributed by atoms with Gasteiger partial charge in [0.15, 0.2) is 6.10 Å². The first-order valence-electron chi connectivity index (χ1n) is 28.1. The van der Waals surface area contributed by atoms with Gasteiger partial charge in [-0.15, -0.1) is 0 Å². The molecule has 0 aromatic heterocycles. The lowest BCUT2D eigenvalue weighted by Gasteiger charge is -2.18. The van der Waals surface area contributed by atoms with E-state index in [0.717, 1.165) is 122 Å². The third kappa shape index (κ3) is 53.4. The van der Waals surface area contributed by atoms with Crippen molar-refractivity contribution in [3.8, 4) is 0 Å². The van der Waals surface area contributed by atoms with Crippen LogP contribution in [-0.4, -0.2) is 37.2 Å². The van der Waals surface area contributed by atoms with Gasteiger partial charge in [0.05, 0.1) is 0 Å². The SMILES string of the molecule is CC/C=C\C/C=C\C/C=C\CCCCCCCC(=O)OCC(COC(=O)CCCCCCCCC/C=C\C/C=C\CCCCC)OC(=O)CCCCCCCCC/C=C\C/C=C\CCCCC. The predicted molar refractivity (Wildman–Crippen MR) is 288 cm³/mol. The van der Waals surface area contributed by atoms with Gasteiger partial charge in [-0.25, -0.2) is 0 Å². The van der Waals surface area contributed by atoms with Crippen LogP contribution in [0.15, 0.2) is 85.1 Å². The summed E-state index contributed by atoms with van der Waals surface area (Å²) in [5.41, 5.74) is 0. The number of esters is 3. The molecule has 6 heteroatoms. The van der Waals surface area contributed by atoms with E-state index >= 15 is 0 Å².